The summed E-state index contributed by atoms with van der Waals surface area (Å²) in [5, 5.41) is 15.0. The van der Waals surface area contributed by atoms with E-state index in [4.69, 9.17) is 0 Å². The Hall–Kier alpha value is -3.00. The molecule has 1 saturated carbocycles. The van der Waals surface area contributed by atoms with Gasteiger partial charge in [0.25, 0.3) is 17.6 Å². The van der Waals surface area contributed by atoms with E-state index in [0.29, 0.717) is 28.1 Å². The van der Waals surface area contributed by atoms with Crippen LogP contribution in [0.2, 0.25) is 0 Å². The molecule has 1 aliphatic carbocycles. The van der Waals surface area contributed by atoms with E-state index in [1.165, 1.54) is 26.0 Å². The Balaban J connectivity index is 1.94. The number of Topliss-reactive ketones (excluding diaryl/α,β-unsaturated/α-hetero) is 1. The maximum atomic E-state index is 13.6. The number of hydrogen-bond donors (Lipinski definition) is 3. The van der Waals surface area contributed by atoms with Crippen molar-refractivity contribution in [3.05, 3.63) is 52.1 Å². The quantitative estimate of drug-likeness (QED) is 0.465. The van der Waals surface area contributed by atoms with E-state index in [1.807, 2.05) is 0 Å². The normalized spacial score (nSPS) is 13.8. The molecule has 1 aromatic heterocycles. The Kier molecular flexibility index (Phi) is 6.04. The van der Waals surface area contributed by atoms with E-state index in [9.17, 15) is 23.9 Å². The third-order valence-corrected chi connectivity index (χ3v) is 5.39. The minimum atomic E-state index is -1.16. The van der Waals surface area contributed by atoms with E-state index in [-0.39, 0.29) is 24.0 Å². The first-order valence-electron chi connectivity index (χ1n) is 10.2. The fourth-order valence-electron chi connectivity index (χ4n) is 3.69. The van der Waals surface area contributed by atoms with Crippen LogP contribution in [0.5, 0.6) is 0 Å². The highest BCUT2D eigenvalue weighted by atomic mass is 19.1. The van der Waals surface area contributed by atoms with Crippen molar-refractivity contribution in [2.75, 3.05) is 11.9 Å². The minimum absolute atomic E-state index is 0.0756. The standard InChI is InChI=1S/C23H28FN3O4/c1-12-10-15(8-9-16(12)24)26-21(29)17-13(2)18(27(5)19(17)14-6-7-14)20(28)22(30)25-11-23(3,4)31/h8-10,14,31H,6-7,11H2,1-5H3,(H,25,30)(H,26,29). The molecule has 31 heavy (non-hydrogen) atoms. The smallest absolute Gasteiger partial charge is 0.294 e. The summed E-state index contributed by atoms with van der Waals surface area (Å²) in [6.07, 6.45) is 1.79. The van der Waals surface area contributed by atoms with Gasteiger partial charge in [-0.1, -0.05) is 0 Å². The van der Waals surface area contributed by atoms with Crippen molar-refractivity contribution in [2.45, 2.75) is 52.1 Å². The van der Waals surface area contributed by atoms with Crippen molar-refractivity contribution in [2.24, 2.45) is 7.05 Å². The zero-order chi connectivity index (χ0) is 23.1. The number of aromatic nitrogens is 1. The maximum Gasteiger partial charge on any atom is 0.294 e. The first kappa shape index (κ1) is 22.7. The summed E-state index contributed by atoms with van der Waals surface area (Å²) in [7, 11) is 1.68. The third kappa shape index (κ3) is 4.85. The molecular weight excluding hydrogens is 401 g/mol. The number of aliphatic hydroxyl groups is 1. The SMILES string of the molecule is Cc1cc(NC(=O)c2c(C)c(C(=O)C(=O)NCC(C)(C)O)n(C)c2C2CC2)ccc1F. The number of carbonyl (C=O) groups is 3. The molecule has 0 aliphatic heterocycles. The summed E-state index contributed by atoms with van der Waals surface area (Å²) < 4.78 is 15.2. The Bertz CT molecular complexity index is 1060. The van der Waals surface area contributed by atoms with Gasteiger partial charge in [0.15, 0.2) is 0 Å². The summed E-state index contributed by atoms with van der Waals surface area (Å²) in [5.41, 5.74) is 1.35. The molecule has 3 N–H and O–H groups in total. The summed E-state index contributed by atoms with van der Waals surface area (Å²) in [6, 6.07) is 4.30. The van der Waals surface area contributed by atoms with Crippen LogP contribution in [0.3, 0.4) is 0 Å². The van der Waals surface area contributed by atoms with Crippen LogP contribution in [-0.4, -0.2) is 39.4 Å². The van der Waals surface area contributed by atoms with Crippen LogP contribution in [0, 0.1) is 19.7 Å². The Morgan fingerprint density at radius 2 is 1.87 bits per heavy atom. The van der Waals surface area contributed by atoms with Gasteiger partial charge in [-0.05, 0) is 69.9 Å². The number of nitrogens with one attached hydrogen (secondary N) is 2. The topological polar surface area (TPSA) is 100 Å². The number of nitrogens with zero attached hydrogens (tertiary/aromatic N) is 1. The number of ketones is 1. The zero-order valence-corrected chi connectivity index (χ0v) is 18.4. The fraction of sp³-hybridized carbons (Fsp3) is 0.435. The Morgan fingerprint density at radius 3 is 2.42 bits per heavy atom. The van der Waals surface area contributed by atoms with Crippen LogP contribution in [0.4, 0.5) is 10.1 Å². The van der Waals surface area contributed by atoms with Crippen molar-refractivity contribution in [1.82, 2.24) is 9.88 Å². The van der Waals surface area contributed by atoms with Crippen LogP contribution >= 0.6 is 0 Å². The molecule has 0 saturated heterocycles. The van der Waals surface area contributed by atoms with Crippen molar-refractivity contribution in [3.63, 3.8) is 0 Å². The van der Waals surface area contributed by atoms with E-state index in [0.717, 1.165) is 12.8 Å². The average Bonchev–Trinajstić information content (AvgIpc) is 3.47. The molecule has 2 aromatic rings. The Labute approximate surface area is 180 Å². The lowest BCUT2D eigenvalue weighted by Crippen LogP contribution is -2.41. The molecule has 1 heterocycles. The molecule has 0 spiro atoms. The first-order valence-corrected chi connectivity index (χ1v) is 10.2. The number of hydrogen-bond acceptors (Lipinski definition) is 4. The highest BCUT2D eigenvalue weighted by molar-refractivity contribution is 6.43. The molecule has 1 fully saturated rings. The lowest BCUT2D eigenvalue weighted by atomic mass is 10.0. The largest absolute Gasteiger partial charge is 0.389 e. The Morgan fingerprint density at radius 1 is 1.23 bits per heavy atom. The molecule has 1 aromatic carbocycles. The van der Waals surface area contributed by atoms with Crippen LogP contribution in [0.15, 0.2) is 18.2 Å². The minimum Gasteiger partial charge on any atom is -0.389 e. The number of aryl methyl sites for hydroxylation is 1. The van der Waals surface area contributed by atoms with Gasteiger partial charge in [-0.25, -0.2) is 4.39 Å². The molecule has 0 radical (unpaired) electrons. The second kappa shape index (κ2) is 8.26. The number of amides is 2. The first-order chi connectivity index (χ1) is 14.4. The summed E-state index contributed by atoms with van der Waals surface area (Å²) >= 11 is 0. The predicted molar refractivity (Wildman–Crippen MR) is 115 cm³/mol. The van der Waals surface area contributed by atoms with Crippen LogP contribution in [0.25, 0.3) is 0 Å². The second-order valence-electron chi connectivity index (χ2n) is 8.81. The number of benzene rings is 1. The van der Waals surface area contributed by atoms with Gasteiger partial charge in [0.05, 0.1) is 16.9 Å². The molecule has 166 valence electrons. The van der Waals surface area contributed by atoms with Crippen LogP contribution in [0.1, 0.15) is 70.3 Å². The highest BCUT2D eigenvalue weighted by Crippen LogP contribution is 2.44. The van der Waals surface area contributed by atoms with Gasteiger partial charge in [0.2, 0.25) is 0 Å². The third-order valence-electron chi connectivity index (χ3n) is 5.39. The van der Waals surface area contributed by atoms with E-state index >= 15 is 0 Å². The molecular formula is C23H28FN3O4. The van der Waals surface area contributed by atoms with E-state index in [2.05, 4.69) is 10.6 Å². The molecule has 0 atom stereocenters. The summed E-state index contributed by atoms with van der Waals surface area (Å²) in [6.45, 7) is 6.23. The summed E-state index contributed by atoms with van der Waals surface area (Å²) in [4.78, 5) is 38.4. The van der Waals surface area contributed by atoms with E-state index in [1.54, 1.807) is 31.5 Å². The molecule has 7 nitrogen and oxygen atoms in total. The fourth-order valence-corrected chi connectivity index (χ4v) is 3.69. The number of carbonyl (C=O) groups excluding carboxylic acids is 3. The van der Waals surface area contributed by atoms with Gasteiger partial charge in [0.1, 0.15) is 5.82 Å². The monoisotopic (exact) mass is 429 g/mol. The van der Waals surface area contributed by atoms with Gasteiger partial charge >= 0.3 is 0 Å². The van der Waals surface area contributed by atoms with Crippen LogP contribution in [-0.2, 0) is 11.8 Å². The number of rotatable bonds is 7. The van der Waals surface area contributed by atoms with Crippen molar-refractivity contribution < 1.29 is 23.9 Å². The number of anilines is 1. The molecule has 0 unspecified atom stereocenters. The highest BCUT2D eigenvalue weighted by Gasteiger charge is 2.37. The molecule has 2 amide bonds. The molecule has 0 bridgehead atoms. The predicted octanol–water partition coefficient (Wildman–Crippen LogP) is 2.98. The van der Waals surface area contributed by atoms with Crippen LogP contribution < -0.4 is 10.6 Å². The van der Waals surface area contributed by atoms with Gasteiger partial charge in [-0.15, -0.1) is 0 Å². The van der Waals surface area contributed by atoms with Crippen molar-refractivity contribution >= 4 is 23.3 Å². The lowest BCUT2D eigenvalue weighted by Gasteiger charge is -2.17. The lowest BCUT2D eigenvalue weighted by molar-refractivity contribution is -0.118. The number of halogens is 1. The average molecular weight is 429 g/mol. The van der Waals surface area contributed by atoms with Gasteiger partial charge in [-0.3, -0.25) is 14.4 Å². The van der Waals surface area contributed by atoms with Crippen molar-refractivity contribution in [3.8, 4) is 0 Å². The maximum absolute atomic E-state index is 13.6. The molecule has 8 heteroatoms. The van der Waals surface area contributed by atoms with Gasteiger partial charge in [0, 0.05) is 30.9 Å². The van der Waals surface area contributed by atoms with E-state index < -0.39 is 23.2 Å². The zero-order valence-electron chi connectivity index (χ0n) is 18.4. The summed E-state index contributed by atoms with van der Waals surface area (Å²) in [5.74, 6) is -2.23. The van der Waals surface area contributed by atoms with Gasteiger partial charge in [-0.2, -0.15) is 0 Å². The molecule has 3 rings (SSSR count). The van der Waals surface area contributed by atoms with Crippen molar-refractivity contribution in [1.29, 1.82) is 0 Å². The molecule has 1 aliphatic rings. The second-order valence-corrected chi connectivity index (χ2v) is 8.81. The van der Waals surface area contributed by atoms with Gasteiger partial charge < -0.3 is 20.3 Å².